The van der Waals surface area contributed by atoms with Gasteiger partial charge in [0.2, 0.25) is 0 Å². The molecule has 0 spiro atoms. The number of likely N-dealkylation sites (N-methyl/N-ethyl adjacent to an activating group) is 1. The molecular weight excluding hydrogens is 275 g/mol. The Kier molecular flexibility index (Phi) is 4.80. The second-order valence-electron chi connectivity index (χ2n) is 5.77. The number of benzene rings is 1. The zero-order valence-corrected chi connectivity index (χ0v) is 12.4. The summed E-state index contributed by atoms with van der Waals surface area (Å²) in [5.41, 5.74) is -0.863. The van der Waals surface area contributed by atoms with Crippen LogP contribution in [0.15, 0.2) is 24.3 Å². The van der Waals surface area contributed by atoms with E-state index in [2.05, 4.69) is 0 Å². The fraction of sp³-hybridized carbons (Fsp3) is 0.533. The minimum atomic E-state index is -0.863. The van der Waals surface area contributed by atoms with Crippen molar-refractivity contribution in [2.75, 3.05) is 40.3 Å². The van der Waals surface area contributed by atoms with Gasteiger partial charge in [0.1, 0.15) is 11.6 Å². The van der Waals surface area contributed by atoms with E-state index in [-0.39, 0.29) is 12.5 Å². The maximum absolute atomic E-state index is 13.0. The molecule has 1 fully saturated rings. The highest BCUT2D eigenvalue weighted by atomic mass is 19.1. The number of halogens is 1. The number of hydrogen-bond acceptors (Lipinski definition) is 4. The van der Waals surface area contributed by atoms with Crippen LogP contribution in [-0.2, 0) is 4.79 Å². The highest BCUT2D eigenvalue weighted by Gasteiger charge is 2.38. The molecule has 0 radical (unpaired) electrons. The van der Waals surface area contributed by atoms with Gasteiger partial charge in [-0.05, 0) is 32.6 Å². The number of hydrogen-bond donors (Lipinski definition) is 1. The highest BCUT2D eigenvalue weighted by Crippen LogP contribution is 2.22. The summed E-state index contributed by atoms with van der Waals surface area (Å²) >= 11 is 0. The van der Waals surface area contributed by atoms with Gasteiger partial charge in [0, 0.05) is 19.2 Å². The molecule has 116 valence electrons. The Balaban J connectivity index is 1.85. The Bertz CT molecular complexity index is 509. The molecule has 0 bridgehead atoms. The molecule has 1 atom stereocenters. The second kappa shape index (κ2) is 6.41. The number of ether oxygens (including phenoxy) is 1. The lowest BCUT2D eigenvalue weighted by atomic mass is 10.0. The van der Waals surface area contributed by atoms with Gasteiger partial charge in [-0.1, -0.05) is 6.07 Å². The summed E-state index contributed by atoms with van der Waals surface area (Å²) in [5, 5.41) is 10.4. The van der Waals surface area contributed by atoms with Gasteiger partial charge in [-0.3, -0.25) is 4.79 Å². The Morgan fingerprint density at radius 3 is 2.95 bits per heavy atom. The molecule has 0 aliphatic carbocycles. The van der Waals surface area contributed by atoms with Crippen LogP contribution in [0.25, 0.3) is 0 Å². The van der Waals surface area contributed by atoms with Crippen molar-refractivity contribution < 1.29 is 19.0 Å². The van der Waals surface area contributed by atoms with E-state index in [0.717, 1.165) is 0 Å². The van der Waals surface area contributed by atoms with Crippen molar-refractivity contribution in [3.8, 4) is 5.75 Å². The summed E-state index contributed by atoms with van der Waals surface area (Å²) in [6, 6.07) is 5.68. The second-order valence-corrected chi connectivity index (χ2v) is 5.77. The third-order valence-electron chi connectivity index (χ3n) is 3.45. The molecule has 1 unspecified atom stereocenters. The molecule has 21 heavy (non-hydrogen) atoms. The average molecular weight is 296 g/mol. The van der Waals surface area contributed by atoms with Crippen molar-refractivity contribution in [1.82, 2.24) is 9.80 Å². The van der Waals surface area contributed by atoms with Crippen molar-refractivity contribution in [2.45, 2.75) is 12.0 Å². The van der Waals surface area contributed by atoms with Gasteiger partial charge in [0.05, 0.1) is 12.1 Å². The van der Waals surface area contributed by atoms with Gasteiger partial charge in [0.25, 0.3) is 5.91 Å². The Morgan fingerprint density at radius 2 is 2.29 bits per heavy atom. The van der Waals surface area contributed by atoms with E-state index in [1.54, 1.807) is 11.0 Å². The summed E-state index contributed by atoms with van der Waals surface area (Å²) in [4.78, 5) is 15.5. The van der Waals surface area contributed by atoms with Gasteiger partial charge >= 0.3 is 0 Å². The van der Waals surface area contributed by atoms with Crippen molar-refractivity contribution in [3.63, 3.8) is 0 Å². The Morgan fingerprint density at radius 1 is 1.52 bits per heavy atom. The first-order valence-corrected chi connectivity index (χ1v) is 6.91. The standard InChI is InChI=1S/C15H21FN2O3/c1-17(2)10-15(20)6-7-18(11-15)14(19)9-21-13-5-3-4-12(16)8-13/h3-5,8,20H,6-7,9-11H2,1-2H3. The van der Waals surface area contributed by atoms with Crippen molar-refractivity contribution in [2.24, 2.45) is 0 Å². The number of carbonyl (C=O) groups is 1. The van der Waals surface area contributed by atoms with Gasteiger partial charge in [-0.15, -0.1) is 0 Å². The van der Waals surface area contributed by atoms with Crippen LogP contribution in [0.3, 0.4) is 0 Å². The molecule has 1 aromatic rings. The number of nitrogens with zero attached hydrogens (tertiary/aromatic N) is 2. The zero-order valence-electron chi connectivity index (χ0n) is 12.4. The maximum Gasteiger partial charge on any atom is 0.260 e. The molecule has 6 heteroatoms. The lowest BCUT2D eigenvalue weighted by Gasteiger charge is -2.26. The molecule has 2 rings (SSSR count). The molecule has 1 N–H and O–H groups in total. The summed E-state index contributed by atoms with van der Waals surface area (Å²) in [5.74, 6) is -0.276. The third kappa shape index (κ3) is 4.41. The lowest BCUT2D eigenvalue weighted by Crippen LogP contribution is -2.44. The quantitative estimate of drug-likeness (QED) is 0.870. The molecule has 1 aliphatic heterocycles. The maximum atomic E-state index is 13.0. The van der Waals surface area contributed by atoms with Crippen LogP contribution in [0.2, 0.25) is 0 Å². The van der Waals surface area contributed by atoms with E-state index in [4.69, 9.17) is 4.74 Å². The number of rotatable bonds is 5. The van der Waals surface area contributed by atoms with E-state index in [1.165, 1.54) is 18.2 Å². The SMILES string of the molecule is CN(C)CC1(O)CCN(C(=O)COc2cccc(F)c2)C1. The fourth-order valence-corrected chi connectivity index (χ4v) is 2.58. The minimum Gasteiger partial charge on any atom is -0.484 e. The first-order valence-electron chi connectivity index (χ1n) is 6.91. The van der Waals surface area contributed by atoms with Crippen molar-refractivity contribution in [1.29, 1.82) is 0 Å². The topological polar surface area (TPSA) is 53.0 Å². The van der Waals surface area contributed by atoms with Crippen LogP contribution in [0.5, 0.6) is 5.75 Å². The van der Waals surface area contributed by atoms with E-state index in [9.17, 15) is 14.3 Å². The molecule has 1 amide bonds. The van der Waals surface area contributed by atoms with Crippen LogP contribution in [0.4, 0.5) is 4.39 Å². The fourth-order valence-electron chi connectivity index (χ4n) is 2.58. The summed E-state index contributed by atoms with van der Waals surface area (Å²) in [6.07, 6.45) is 0.552. The van der Waals surface area contributed by atoms with Crippen molar-refractivity contribution in [3.05, 3.63) is 30.1 Å². The molecule has 0 aromatic heterocycles. The highest BCUT2D eigenvalue weighted by molar-refractivity contribution is 5.78. The Labute approximate surface area is 123 Å². The molecule has 1 heterocycles. The number of carbonyl (C=O) groups excluding carboxylic acids is 1. The molecule has 0 saturated carbocycles. The summed E-state index contributed by atoms with van der Waals surface area (Å²) in [7, 11) is 3.77. The predicted molar refractivity (Wildman–Crippen MR) is 76.6 cm³/mol. The average Bonchev–Trinajstić information content (AvgIpc) is 2.77. The van der Waals surface area contributed by atoms with Crippen LogP contribution >= 0.6 is 0 Å². The molecule has 1 aliphatic rings. The first kappa shape index (κ1) is 15.7. The van der Waals surface area contributed by atoms with E-state index < -0.39 is 11.4 Å². The van der Waals surface area contributed by atoms with Crippen molar-refractivity contribution >= 4 is 5.91 Å². The molecular formula is C15H21FN2O3. The van der Waals surface area contributed by atoms with Gasteiger partial charge in [-0.25, -0.2) is 4.39 Å². The summed E-state index contributed by atoms with van der Waals surface area (Å²) in [6.45, 7) is 1.18. The minimum absolute atomic E-state index is 0.151. The zero-order chi connectivity index (χ0) is 15.5. The molecule has 5 nitrogen and oxygen atoms in total. The predicted octanol–water partition coefficient (Wildman–Crippen LogP) is 0.729. The number of amides is 1. The lowest BCUT2D eigenvalue weighted by molar-refractivity contribution is -0.133. The monoisotopic (exact) mass is 296 g/mol. The number of β-amino-alcohol motifs (C(OH)–C–C–N with tert-alkyl or cyclic N) is 1. The normalized spacial score (nSPS) is 21.9. The number of aliphatic hydroxyl groups is 1. The number of likely N-dealkylation sites (tertiary alicyclic amines) is 1. The smallest absolute Gasteiger partial charge is 0.260 e. The largest absolute Gasteiger partial charge is 0.484 e. The van der Waals surface area contributed by atoms with Crippen LogP contribution in [-0.4, -0.2) is 66.8 Å². The van der Waals surface area contributed by atoms with E-state index >= 15 is 0 Å². The van der Waals surface area contributed by atoms with Gasteiger partial charge < -0.3 is 19.6 Å². The van der Waals surface area contributed by atoms with Crippen LogP contribution in [0.1, 0.15) is 6.42 Å². The van der Waals surface area contributed by atoms with E-state index in [1.807, 2.05) is 19.0 Å². The molecule has 1 saturated heterocycles. The summed E-state index contributed by atoms with van der Waals surface area (Å²) < 4.78 is 18.3. The first-order chi connectivity index (χ1) is 9.88. The third-order valence-corrected chi connectivity index (χ3v) is 3.45. The van der Waals surface area contributed by atoms with Gasteiger partial charge in [0.15, 0.2) is 6.61 Å². The van der Waals surface area contributed by atoms with Gasteiger partial charge in [-0.2, -0.15) is 0 Å². The van der Waals surface area contributed by atoms with Crippen LogP contribution in [0, 0.1) is 5.82 Å². The van der Waals surface area contributed by atoms with Crippen LogP contribution < -0.4 is 4.74 Å². The van der Waals surface area contributed by atoms with E-state index in [0.29, 0.717) is 31.8 Å². The molecule has 1 aromatic carbocycles. The Hall–Kier alpha value is -1.66.